The highest BCUT2D eigenvalue weighted by Gasteiger charge is 2.28. The molecule has 0 aromatic heterocycles. The van der Waals surface area contributed by atoms with E-state index < -0.39 is 10.0 Å². The standard InChI is InChI=1S/C18H27N3O4S/c22-18(19-13-17-7-4-12-25-17)14-20-8-10-21(11-9-20)26(23,24)15-16-5-2-1-3-6-16/h1-3,5-6,17H,4,7-15H2,(H,19,22)/t17-/m1/s1. The number of ether oxygens (including phenoxy) is 1. The van der Waals surface area contributed by atoms with Gasteiger partial charge >= 0.3 is 0 Å². The predicted molar refractivity (Wildman–Crippen MR) is 99.1 cm³/mol. The van der Waals surface area contributed by atoms with Gasteiger partial charge in [-0.2, -0.15) is 4.31 Å². The van der Waals surface area contributed by atoms with Gasteiger partial charge in [-0.3, -0.25) is 9.69 Å². The lowest BCUT2D eigenvalue weighted by Crippen LogP contribution is -2.51. The Kier molecular flexibility index (Phi) is 6.63. The van der Waals surface area contributed by atoms with E-state index in [-0.39, 0.29) is 17.8 Å². The van der Waals surface area contributed by atoms with E-state index in [1.165, 1.54) is 4.31 Å². The molecule has 144 valence electrons. The number of carbonyl (C=O) groups is 1. The number of nitrogens with zero attached hydrogens (tertiary/aromatic N) is 2. The molecule has 0 spiro atoms. The highest BCUT2D eigenvalue weighted by atomic mass is 32.2. The first-order valence-corrected chi connectivity index (χ1v) is 10.8. The predicted octanol–water partition coefficient (Wildman–Crippen LogP) is 0.429. The summed E-state index contributed by atoms with van der Waals surface area (Å²) in [7, 11) is -3.32. The van der Waals surface area contributed by atoms with Crippen molar-refractivity contribution in [3.05, 3.63) is 35.9 Å². The van der Waals surface area contributed by atoms with Crippen LogP contribution >= 0.6 is 0 Å². The van der Waals surface area contributed by atoms with E-state index in [1.807, 2.05) is 35.2 Å². The summed E-state index contributed by atoms with van der Waals surface area (Å²) in [4.78, 5) is 14.0. The molecule has 2 aliphatic rings. The minimum absolute atomic E-state index is 0.0235. The number of hydrogen-bond donors (Lipinski definition) is 1. The van der Waals surface area contributed by atoms with Gasteiger partial charge in [0.25, 0.3) is 0 Å². The van der Waals surface area contributed by atoms with Crippen LogP contribution in [0.2, 0.25) is 0 Å². The Morgan fingerprint density at radius 1 is 1.15 bits per heavy atom. The van der Waals surface area contributed by atoms with Gasteiger partial charge in [-0.1, -0.05) is 30.3 Å². The Bertz CT molecular complexity index is 682. The van der Waals surface area contributed by atoms with Crippen molar-refractivity contribution in [3.63, 3.8) is 0 Å². The largest absolute Gasteiger partial charge is 0.376 e. The van der Waals surface area contributed by atoms with Crippen LogP contribution in [0.5, 0.6) is 0 Å². The van der Waals surface area contributed by atoms with Crippen molar-refractivity contribution in [2.75, 3.05) is 45.9 Å². The molecule has 0 radical (unpaired) electrons. The van der Waals surface area contributed by atoms with Crippen LogP contribution in [0.4, 0.5) is 0 Å². The van der Waals surface area contributed by atoms with Crippen LogP contribution in [0, 0.1) is 0 Å². The zero-order valence-electron chi connectivity index (χ0n) is 15.0. The van der Waals surface area contributed by atoms with Crippen molar-refractivity contribution in [1.82, 2.24) is 14.5 Å². The van der Waals surface area contributed by atoms with Gasteiger partial charge in [-0.05, 0) is 18.4 Å². The molecule has 0 saturated carbocycles. The highest BCUT2D eigenvalue weighted by molar-refractivity contribution is 7.88. The molecule has 1 aromatic rings. The third-order valence-electron chi connectivity index (χ3n) is 4.83. The lowest BCUT2D eigenvalue weighted by molar-refractivity contribution is -0.123. The van der Waals surface area contributed by atoms with Crippen LogP contribution in [-0.2, 0) is 25.3 Å². The van der Waals surface area contributed by atoms with Crippen LogP contribution in [0.3, 0.4) is 0 Å². The number of amides is 1. The van der Waals surface area contributed by atoms with Crippen molar-refractivity contribution in [2.24, 2.45) is 0 Å². The van der Waals surface area contributed by atoms with E-state index in [9.17, 15) is 13.2 Å². The van der Waals surface area contributed by atoms with E-state index in [0.717, 1.165) is 25.0 Å². The fraction of sp³-hybridized carbons (Fsp3) is 0.611. The molecule has 1 N–H and O–H groups in total. The first-order valence-electron chi connectivity index (χ1n) is 9.15. The van der Waals surface area contributed by atoms with Gasteiger partial charge in [0.05, 0.1) is 18.4 Å². The molecule has 8 heteroatoms. The number of carbonyl (C=O) groups excluding carboxylic acids is 1. The van der Waals surface area contributed by atoms with Crippen molar-refractivity contribution >= 4 is 15.9 Å². The monoisotopic (exact) mass is 381 g/mol. The summed E-state index contributed by atoms with van der Waals surface area (Å²) in [5, 5.41) is 2.91. The Morgan fingerprint density at radius 3 is 2.54 bits per heavy atom. The Morgan fingerprint density at radius 2 is 1.88 bits per heavy atom. The summed E-state index contributed by atoms with van der Waals surface area (Å²) >= 11 is 0. The smallest absolute Gasteiger partial charge is 0.234 e. The molecule has 0 aliphatic carbocycles. The summed E-state index contributed by atoms with van der Waals surface area (Å²) in [5.41, 5.74) is 0.795. The van der Waals surface area contributed by atoms with Crippen LogP contribution in [0.25, 0.3) is 0 Å². The van der Waals surface area contributed by atoms with Crippen LogP contribution < -0.4 is 5.32 Å². The molecule has 2 heterocycles. The summed E-state index contributed by atoms with van der Waals surface area (Å²) in [6.07, 6.45) is 2.19. The minimum atomic E-state index is -3.32. The molecule has 2 aliphatic heterocycles. The number of hydrogen-bond acceptors (Lipinski definition) is 5. The summed E-state index contributed by atoms with van der Waals surface area (Å²) in [5.74, 6) is -0.00324. The molecule has 7 nitrogen and oxygen atoms in total. The van der Waals surface area contributed by atoms with E-state index in [1.54, 1.807) is 0 Å². The maximum Gasteiger partial charge on any atom is 0.234 e. The second kappa shape index (κ2) is 8.94. The molecular weight excluding hydrogens is 354 g/mol. The first-order chi connectivity index (χ1) is 12.5. The number of nitrogens with one attached hydrogen (secondary N) is 1. The number of sulfonamides is 1. The van der Waals surface area contributed by atoms with Gasteiger partial charge in [-0.15, -0.1) is 0 Å². The molecule has 26 heavy (non-hydrogen) atoms. The lowest BCUT2D eigenvalue weighted by Gasteiger charge is -2.33. The van der Waals surface area contributed by atoms with Gasteiger partial charge in [-0.25, -0.2) is 8.42 Å². The van der Waals surface area contributed by atoms with Gasteiger partial charge in [0, 0.05) is 39.3 Å². The Balaban J connectivity index is 1.41. The first kappa shape index (κ1) is 19.3. The molecule has 1 aromatic carbocycles. The average Bonchev–Trinajstić information content (AvgIpc) is 3.14. The van der Waals surface area contributed by atoms with Crippen molar-refractivity contribution in [2.45, 2.75) is 24.7 Å². The second-order valence-corrected chi connectivity index (χ2v) is 8.83. The summed E-state index contributed by atoms with van der Waals surface area (Å²) in [6, 6.07) is 9.22. The zero-order valence-corrected chi connectivity index (χ0v) is 15.8. The number of benzene rings is 1. The van der Waals surface area contributed by atoms with Gasteiger partial charge in [0.15, 0.2) is 0 Å². The van der Waals surface area contributed by atoms with Crippen LogP contribution in [0.15, 0.2) is 30.3 Å². The fourth-order valence-corrected chi connectivity index (χ4v) is 4.85. The van der Waals surface area contributed by atoms with Crippen molar-refractivity contribution in [3.8, 4) is 0 Å². The van der Waals surface area contributed by atoms with Gasteiger partial charge < -0.3 is 10.1 Å². The van der Waals surface area contributed by atoms with E-state index in [0.29, 0.717) is 39.3 Å². The molecule has 2 fully saturated rings. The maximum absolute atomic E-state index is 12.5. The number of rotatable bonds is 7. The second-order valence-electron chi connectivity index (χ2n) is 6.86. The van der Waals surface area contributed by atoms with E-state index >= 15 is 0 Å². The summed E-state index contributed by atoms with van der Waals surface area (Å²) < 4.78 is 32.1. The fourth-order valence-electron chi connectivity index (χ4n) is 3.33. The zero-order chi connectivity index (χ0) is 18.4. The third kappa shape index (κ3) is 5.51. The Hall–Kier alpha value is -1.48. The van der Waals surface area contributed by atoms with E-state index in [2.05, 4.69) is 5.32 Å². The third-order valence-corrected chi connectivity index (χ3v) is 6.68. The average molecular weight is 381 g/mol. The molecular formula is C18H27N3O4S. The maximum atomic E-state index is 12.5. The van der Waals surface area contributed by atoms with Crippen molar-refractivity contribution in [1.29, 1.82) is 0 Å². The molecule has 1 amide bonds. The molecule has 0 bridgehead atoms. The van der Waals surface area contributed by atoms with E-state index in [4.69, 9.17) is 4.74 Å². The molecule has 3 rings (SSSR count). The number of piperazine rings is 1. The van der Waals surface area contributed by atoms with Crippen LogP contribution in [-0.4, -0.2) is 75.5 Å². The molecule has 0 unspecified atom stereocenters. The topological polar surface area (TPSA) is 79.0 Å². The van der Waals surface area contributed by atoms with Crippen molar-refractivity contribution < 1.29 is 17.9 Å². The molecule has 2 saturated heterocycles. The SMILES string of the molecule is O=C(CN1CCN(S(=O)(=O)Cc2ccccc2)CC1)NC[C@H]1CCCO1. The van der Waals surface area contributed by atoms with Gasteiger partial charge in [0.1, 0.15) is 0 Å². The van der Waals surface area contributed by atoms with Gasteiger partial charge in [0.2, 0.25) is 15.9 Å². The van der Waals surface area contributed by atoms with Crippen LogP contribution in [0.1, 0.15) is 18.4 Å². The lowest BCUT2D eigenvalue weighted by atomic mass is 10.2. The molecule has 1 atom stereocenters. The quantitative estimate of drug-likeness (QED) is 0.741. The Labute approximate surface area is 155 Å². The normalized spacial score (nSPS) is 22.4. The minimum Gasteiger partial charge on any atom is -0.376 e. The highest BCUT2D eigenvalue weighted by Crippen LogP contribution is 2.14. The summed E-state index contributed by atoms with van der Waals surface area (Å²) in [6.45, 7) is 3.63.